The highest BCUT2D eigenvalue weighted by Gasteiger charge is 2.55. The van der Waals surface area contributed by atoms with Crippen molar-refractivity contribution in [2.45, 2.75) is 82.5 Å². The molecule has 0 spiro atoms. The zero-order valence-electron chi connectivity index (χ0n) is 22.6. The van der Waals surface area contributed by atoms with Gasteiger partial charge in [0.1, 0.15) is 11.8 Å². The number of hydrogen-bond acceptors (Lipinski definition) is 10. The van der Waals surface area contributed by atoms with Crippen molar-refractivity contribution in [2.24, 2.45) is 5.92 Å². The van der Waals surface area contributed by atoms with Gasteiger partial charge in [-0.1, -0.05) is 17.3 Å². The van der Waals surface area contributed by atoms with Crippen LogP contribution in [-0.2, 0) is 25.6 Å². The maximum atomic E-state index is 13.1. The standard InChI is InChI=1S/C27H36N8O4/c1-26(2,3)39-25(37)21-8-10-27(11-12-28,17-38-21)35-20-9-13-29-24(36)22(20)23(32-35)31-19-6-4-18(5-7-19)16-34-15-14-30-33-34/h4-7,14-15,20-23,31-32H,8-11,13,16-17H2,1-3H3,(H,29,36)/t20?,21-,22?,23?,27-/m0/s1. The molecule has 3 aliphatic rings. The maximum Gasteiger partial charge on any atom is 0.335 e. The summed E-state index contributed by atoms with van der Waals surface area (Å²) >= 11 is 0. The highest BCUT2D eigenvalue weighted by molar-refractivity contribution is 5.82. The minimum absolute atomic E-state index is 0.0305. The van der Waals surface area contributed by atoms with Gasteiger partial charge in [0, 0.05) is 24.5 Å². The molecular weight excluding hydrogens is 500 g/mol. The molecule has 1 amide bonds. The van der Waals surface area contributed by atoms with Crippen molar-refractivity contribution in [3.8, 4) is 6.07 Å². The fourth-order valence-electron chi connectivity index (χ4n) is 5.73. The number of carbonyl (C=O) groups excluding carboxylic acids is 2. The Balaban J connectivity index is 1.31. The summed E-state index contributed by atoms with van der Waals surface area (Å²) in [5.41, 5.74) is 4.20. The lowest BCUT2D eigenvalue weighted by atomic mass is 9.83. The van der Waals surface area contributed by atoms with E-state index in [2.05, 4.69) is 37.4 Å². The number of ether oxygens (including phenoxy) is 2. The number of rotatable bonds is 7. The van der Waals surface area contributed by atoms with Crippen molar-refractivity contribution < 1.29 is 19.1 Å². The molecule has 0 bridgehead atoms. The van der Waals surface area contributed by atoms with Crippen LogP contribution in [0.4, 0.5) is 5.69 Å². The van der Waals surface area contributed by atoms with Crippen LogP contribution in [0.25, 0.3) is 0 Å². The Morgan fingerprint density at radius 1 is 1.31 bits per heavy atom. The van der Waals surface area contributed by atoms with E-state index in [4.69, 9.17) is 9.47 Å². The number of nitrogens with zero attached hydrogens (tertiary/aromatic N) is 5. The molecule has 1 aromatic heterocycles. The lowest BCUT2D eigenvalue weighted by Crippen LogP contribution is -2.63. The van der Waals surface area contributed by atoms with Crippen LogP contribution >= 0.6 is 0 Å². The highest BCUT2D eigenvalue weighted by Crippen LogP contribution is 2.40. The van der Waals surface area contributed by atoms with Gasteiger partial charge in [0.2, 0.25) is 5.91 Å². The van der Waals surface area contributed by atoms with Gasteiger partial charge in [-0.05, 0) is 57.7 Å². The van der Waals surface area contributed by atoms with E-state index in [1.54, 1.807) is 10.9 Å². The topological polar surface area (TPSA) is 146 Å². The molecular formula is C27H36N8O4. The lowest BCUT2D eigenvalue weighted by Gasteiger charge is -2.47. The molecule has 5 atom stereocenters. The van der Waals surface area contributed by atoms with Gasteiger partial charge in [-0.2, -0.15) is 5.26 Å². The van der Waals surface area contributed by atoms with Gasteiger partial charge in [0.15, 0.2) is 6.10 Å². The molecule has 208 valence electrons. The van der Waals surface area contributed by atoms with Crippen molar-refractivity contribution in [3.05, 3.63) is 42.2 Å². The van der Waals surface area contributed by atoms with E-state index in [9.17, 15) is 14.9 Å². The molecule has 0 saturated carbocycles. The van der Waals surface area contributed by atoms with Crippen LogP contribution in [-0.4, -0.2) is 74.5 Å². The molecule has 3 N–H and O–H groups in total. The summed E-state index contributed by atoms with van der Waals surface area (Å²) in [6, 6.07) is 10.2. The Labute approximate surface area is 228 Å². The first-order chi connectivity index (χ1) is 18.7. The average Bonchev–Trinajstić information content (AvgIpc) is 3.54. The molecule has 3 unspecified atom stereocenters. The molecule has 3 aliphatic heterocycles. The number of amides is 1. The normalized spacial score (nSPS) is 29.2. The number of hydrazine groups is 1. The molecule has 2 aromatic rings. The number of carbonyl (C=O) groups is 2. The van der Waals surface area contributed by atoms with Crippen LogP contribution in [0.5, 0.6) is 0 Å². The third kappa shape index (κ3) is 5.90. The summed E-state index contributed by atoms with van der Waals surface area (Å²) in [6.07, 6.45) is 4.34. The van der Waals surface area contributed by atoms with Gasteiger partial charge in [0.05, 0.1) is 43.3 Å². The van der Waals surface area contributed by atoms with Crippen LogP contribution in [0, 0.1) is 17.2 Å². The van der Waals surface area contributed by atoms with E-state index >= 15 is 0 Å². The Morgan fingerprint density at radius 2 is 2.10 bits per heavy atom. The molecule has 39 heavy (non-hydrogen) atoms. The van der Waals surface area contributed by atoms with Crippen LogP contribution in [0.15, 0.2) is 36.7 Å². The third-order valence-corrected chi connectivity index (χ3v) is 7.53. The first-order valence-corrected chi connectivity index (χ1v) is 13.4. The van der Waals surface area contributed by atoms with Gasteiger partial charge in [-0.3, -0.25) is 4.79 Å². The number of nitriles is 1. The minimum atomic E-state index is -0.675. The Kier molecular flexibility index (Phi) is 7.57. The molecule has 0 radical (unpaired) electrons. The summed E-state index contributed by atoms with van der Waals surface area (Å²) in [7, 11) is 0. The number of piperidine rings is 1. The lowest BCUT2D eigenvalue weighted by molar-refractivity contribution is -0.180. The number of hydrogen-bond donors (Lipinski definition) is 3. The van der Waals surface area contributed by atoms with Crippen LogP contribution in [0.3, 0.4) is 0 Å². The van der Waals surface area contributed by atoms with E-state index in [1.165, 1.54) is 0 Å². The maximum absolute atomic E-state index is 13.1. The zero-order valence-corrected chi connectivity index (χ0v) is 22.6. The number of fused-ring (bicyclic) bond motifs is 1. The molecule has 4 heterocycles. The van der Waals surface area contributed by atoms with Crippen molar-refractivity contribution >= 4 is 17.6 Å². The molecule has 12 heteroatoms. The molecule has 1 aromatic carbocycles. The van der Waals surface area contributed by atoms with Crippen molar-refractivity contribution in [2.75, 3.05) is 18.5 Å². The van der Waals surface area contributed by atoms with Crippen LogP contribution in [0.2, 0.25) is 0 Å². The van der Waals surface area contributed by atoms with E-state index in [-0.39, 0.29) is 43.0 Å². The van der Waals surface area contributed by atoms with Crippen LogP contribution < -0.4 is 16.1 Å². The van der Waals surface area contributed by atoms with Gasteiger partial charge in [0.25, 0.3) is 0 Å². The van der Waals surface area contributed by atoms with E-state index < -0.39 is 17.2 Å². The second-order valence-electron chi connectivity index (χ2n) is 11.5. The van der Waals surface area contributed by atoms with E-state index in [0.717, 1.165) is 17.7 Å². The number of anilines is 1. The summed E-state index contributed by atoms with van der Waals surface area (Å²) in [5, 5.41) is 26.2. The summed E-state index contributed by atoms with van der Waals surface area (Å²) in [4.78, 5) is 25.7. The summed E-state index contributed by atoms with van der Waals surface area (Å²) in [5.74, 6) is -0.783. The summed E-state index contributed by atoms with van der Waals surface area (Å²) in [6.45, 7) is 6.84. The fourth-order valence-corrected chi connectivity index (χ4v) is 5.73. The van der Waals surface area contributed by atoms with E-state index in [1.807, 2.05) is 51.2 Å². The highest BCUT2D eigenvalue weighted by atomic mass is 16.6. The monoisotopic (exact) mass is 536 g/mol. The van der Waals surface area contributed by atoms with Crippen LogP contribution in [0.1, 0.15) is 52.0 Å². The molecule has 3 fully saturated rings. The largest absolute Gasteiger partial charge is 0.458 e. The van der Waals surface area contributed by atoms with Crippen molar-refractivity contribution in [1.29, 1.82) is 5.26 Å². The SMILES string of the molecule is CC(C)(C)OC(=O)[C@@H]1CC[C@@](CC#N)(N2NC(Nc3ccc(Cn4ccnn4)cc3)C3C(=O)NCCC32)CO1. The first-order valence-electron chi connectivity index (χ1n) is 13.4. The van der Waals surface area contributed by atoms with Gasteiger partial charge in [-0.25, -0.2) is 19.9 Å². The Hall–Kier alpha value is -3.53. The number of esters is 1. The average molecular weight is 537 g/mol. The predicted molar refractivity (Wildman–Crippen MR) is 141 cm³/mol. The smallest absolute Gasteiger partial charge is 0.335 e. The van der Waals surface area contributed by atoms with Crippen molar-refractivity contribution in [3.63, 3.8) is 0 Å². The molecule has 12 nitrogen and oxygen atoms in total. The second kappa shape index (κ2) is 10.9. The van der Waals surface area contributed by atoms with Gasteiger partial charge >= 0.3 is 5.97 Å². The van der Waals surface area contributed by atoms with Crippen molar-refractivity contribution in [1.82, 2.24) is 30.7 Å². The predicted octanol–water partition coefficient (Wildman–Crippen LogP) is 1.56. The fraction of sp³-hybridized carbons (Fsp3) is 0.593. The second-order valence-corrected chi connectivity index (χ2v) is 11.5. The summed E-state index contributed by atoms with van der Waals surface area (Å²) < 4.78 is 13.3. The Bertz CT molecular complexity index is 1200. The molecule has 3 saturated heterocycles. The number of nitrogens with one attached hydrogen (secondary N) is 3. The van der Waals surface area contributed by atoms with E-state index in [0.29, 0.717) is 25.9 Å². The number of benzene rings is 1. The Morgan fingerprint density at radius 3 is 2.74 bits per heavy atom. The minimum Gasteiger partial charge on any atom is -0.458 e. The number of aromatic nitrogens is 3. The van der Waals surface area contributed by atoms with Gasteiger partial charge in [-0.15, -0.1) is 5.10 Å². The first kappa shape index (κ1) is 27.1. The third-order valence-electron chi connectivity index (χ3n) is 7.53. The zero-order chi connectivity index (χ0) is 27.6. The van der Waals surface area contributed by atoms with Gasteiger partial charge < -0.3 is 20.1 Å². The molecule has 0 aliphatic carbocycles. The molecule has 5 rings (SSSR count). The quantitative estimate of drug-likeness (QED) is 0.446.